The number of aliphatic carboxylic acids is 1. The molecule has 0 saturated carbocycles. The van der Waals surface area contributed by atoms with Crippen molar-refractivity contribution in [2.75, 3.05) is 10.6 Å². The summed E-state index contributed by atoms with van der Waals surface area (Å²) < 4.78 is 49.4. The van der Waals surface area contributed by atoms with Crippen molar-refractivity contribution in [2.45, 2.75) is 13.0 Å². The maximum absolute atomic E-state index is 13.0. The van der Waals surface area contributed by atoms with E-state index in [1.807, 2.05) is 0 Å². The molecule has 0 spiro atoms. The van der Waals surface area contributed by atoms with Gasteiger partial charge in [0.1, 0.15) is 6.04 Å². The Balaban J connectivity index is 3.36. The monoisotopic (exact) mass is 279 g/mol. The van der Waals surface area contributed by atoms with Crippen LogP contribution in [0.1, 0.15) is 6.92 Å². The SMILES string of the molecule is C[C@H](C(=O)O)N(c1ccc(F)c(F)c1)S(C)(=O)=O. The van der Waals surface area contributed by atoms with Crippen molar-refractivity contribution in [1.29, 1.82) is 0 Å². The number of carbonyl (C=O) groups is 1. The van der Waals surface area contributed by atoms with Crippen molar-refractivity contribution >= 4 is 21.7 Å². The number of carboxylic acids is 1. The molecule has 0 heterocycles. The summed E-state index contributed by atoms with van der Waals surface area (Å²) in [4.78, 5) is 10.8. The van der Waals surface area contributed by atoms with Gasteiger partial charge in [0.25, 0.3) is 0 Å². The Kier molecular flexibility index (Phi) is 3.90. The second kappa shape index (κ2) is 4.89. The van der Waals surface area contributed by atoms with Crippen LogP contribution in [-0.2, 0) is 14.8 Å². The van der Waals surface area contributed by atoms with Gasteiger partial charge in [-0.25, -0.2) is 22.0 Å². The highest BCUT2D eigenvalue weighted by Crippen LogP contribution is 2.22. The number of rotatable bonds is 4. The van der Waals surface area contributed by atoms with Gasteiger partial charge in [-0.3, -0.25) is 4.31 Å². The Labute approximate surface area is 103 Å². The van der Waals surface area contributed by atoms with E-state index in [4.69, 9.17) is 5.11 Å². The number of hydrogen-bond donors (Lipinski definition) is 1. The lowest BCUT2D eigenvalue weighted by atomic mass is 10.2. The third-order valence-electron chi connectivity index (χ3n) is 2.22. The smallest absolute Gasteiger partial charge is 0.327 e. The Morgan fingerprint density at radius 2 is 1.89 bits per heavy atom. The molecule has 0 aromatic heterocycles. The number of nitrogens with zero attached hydrogens (tertiary/aromatic N) is 1. The van der Waals surface area contributed by atoms with Gasteiger partial charge in [0, 0.05) is 6.07 Å². The van der Waals surface area contributed by atoms with Crippen LogP contribution in [0.5, 0.6) is 0 Å². The van der Waals surface area contributed by atoms with E-state index < -0.39 is 33.7 Å². The van der Waals surface area contributed by atoms with Crippen LogP contribution < -0.4 is 4.31 Å². The molecule has 1 rings (SSSR count). The van der Waals surface area contributed by atoms with E-state index in [1.165, 1.54) is 0 Å². The minimum atomic E-state index is -3.93. The summed E-state index contributed by atoms with van der Waals surface area (Å²) in [6.07, 6.45) is 0.785. The maximum Gasteiger partial charge on any atom is 0.327 e. The van der Waals surface area contributed by atoms with Gasteiger partial charge in [-0.2, -0.15) is 0 Å². The lowest BCUT2D eigenvalue weighted by Crippen LogP contribution is -2.42. The number of anilines is 1. The van der Waals surface area contributed by atoms with Gasteiger partial charge in [0.15, 0.2) is 11.6 Å². The fourth-order valence-electron chi connectivity index (χ4n) is 1.42. The first kappa shape index (κ1) is 14.4. The molecule has 0 aliphatic rings. The quantitative estimate of drug-likeness (QED) is 0.898. The van der Waals surface area contributed by atoms with E-state index in [2.05, 4.69) is 0 Å². The number of carboxylic acid groups (broad SMARTS) is 1. The number of sulfonamides is 1. The van der Waals surface area contributed by atoms with Crippen LogP contribution in [0.25, 0.3) is 0 Å². The van der Waals surface area contributed by atoms with E-state index in [9.17, 15) is 22.0 Å². The van der Waals surface area contributed by atoms with Crippen molar-refractivity contribution in [3.05, 3.63) is 29.8 Å². The highest BCUT2D eigenvalue weighted by Gasteiger charge is 2.29. The average molecular weight is 279 g/mol. The van der Waals surface area contributed by atoms with E-state index in [0.717, 1.165) is 25.3 Å². The van der Waals surface area contributed by atoms with Crippen LogP contribution in [0.2, 0.25) is 0 Å². The van der Waals surface area contributed by atoms with E-state index in [1.54, 1.807) is 0 Å². The largest absolute Gasteiger partial charge is 0.480 e. The van der Waals surface area contributed by atoms with Gasteiger partial charge in [-0.1, -0.05) is 0 Å². The van der Waals surface area contributed by atoms with Crippen molar-refractivity contribution < 1.29 is 27.1 Å². The predicted octanol–water partition coefficient (Wildman–Crippen LogP) is 1.20. The van der Waals surface area contributed by atoms with Gasteiger partial charge in [-0.05, 0) is 19.1 Å². The van der Waals surface area contributed by atoms with Crippen LogP contribution >= 0.6 is 0 Å². The molecule has 18 heavy (non-hydrogen) atoms. The summed E-state index contributed by atoms with van der Waals surface area (Å²) in [7, 11) is -3.93. The summed E-state index contributed by atoms with van der Waals surface area (Å²) in [5.41, 5.74) is -0.244. The molecule has 0 radical (unpaired) electrons. The Morgan fingerprint density at radius 1 is 1.33 bits per heavy atom. The lowest BCUT2D eigenvalue weighted by molar-refractivity contribution is -0.137. The average Bonchev–Trinajstić information content (AvgIpc) is 2.21. The van der Waals surface area contributed by atoms with Gasteiger partial charge >= 0.3 is 5.97 Å². The molecule has 0 fully saturated rings. The molecule has 1 N–H and O–H groups in total. The number of hydrogen-bond acceptors (Lipinski definition) is 3. The first-order chi connectivity index (χ1) is 8.14. The summed E-state index contributed by atoms with van der Waals surface area (Å²) in [6, 6.07) is 0.941. The van der Waals surface area contributed by atoms with Crippen molar-refractivity contribution in [3.63, 3.8) is 0 Å². The van der Waals surface area contributed by atoms with Gasteiger partial charge in [-0.15, -0.1) is 0 Å². The van der Waals surface area contributed by atoms with Gasteiger partial charge < -0.3 is 5.11 Å². The molecule has 0 amide bonds. The molecule has 100 valence electrons. The summed E-state index contributed by atoms with van der Waals surface area (Å²) in [5.74, 6) is -3.79. The molecule has 1 aromatic rings. The summed E-state index contributed by atoms with van der Waals surface area (Å²) in [6.45, 7) is 1.13. The maximum atomic E-state index is 13.0. The molecule has 0 aliphatic heterocycles. The van der Waals surface area contributed by atoms with Crippen molar-refractivity contribution in [3.8, 4) is 0 Å². The fourth-order valence-corrected chi connectivity index (χ4v) is 2.59. The van der Waals surface area contributed by atoms with E-state index in [0.29, 0.717) is 10.4 Å². The molecule has 0 saturated heterocycles. The second-order valence-electron chi connectivity index (χ2n) is 3.67. The third kappa shape index (κ3) is 2.95. The Bertz CT molecular complexity index is 573. The molecule has 5 nitrogen and oxygen atoms in total. The van der Waals surface area contributed by atoms with Crippen LogP contribution in [0.3, 0.4) is 0 Å². The zero-order valence-electron chi connectivity index (χ0n) is 9.59. The highest BCUT2D eigenvalue weighted by atomic mass is 32.2. The summed E-state index contributed by atoms with van der Waals surface area (Å²) in [5, 5.41) is 8.83. The topological polar surface area (TPSA) is 74.7 Å². The van der Waals surface area contributed by atoms with Crippen molar-refractivity contribution in [2.24, 2.45) is 0 Å². The first-order valence-electron chi connectivity index (χ1n) is 4.82. The Morgan fingerprint density at radius 3 is 2.28 bits per heavy atom. The molecule has 8 heteroatoms. The number of benzene rings is 1. The van der Waals surface area contributed by atoms with Crippen molar-refractivity contribution in [1.82, 2.24) is 0 Å². The number of halogens is 2. The second-order valence-corrected chi connectivity index (χ2v) is 5.53. The van der Waals surface area contributed by atoms with Crippen LogP contribution in [-0.4, -0.2) is 31.8 Å². The van der Waals surface area contributed by atoms with Crippen LogP contribution in [0.4, 0.5) is 14.5 Å². The minimum Gasteiger partial charge on any atom is -0.480 e. The Hall–Kier alpha value is -1.70. The molecular weight excluding hydrogens is 268 g/mol. The highest BCUT2D eigenvalue weighted by molar-refractivity contribution is 7.92. The van der Waals surface area contributed by atoms with Crippen LogP contribution in [0, 0.1) is 11.6 Å². The molecular formula is C10H11F2NO4S. The molecule has 0 unspecified atom stereocenters. The lowest BCUT2D eigenvalue weighted by Gasteiger charge is -2.26. The molecule has 0 bridgehead atoms. The van der Waals surface area contributed by atoms with Crippen LogP contribution in [0.15, 0.2) is 18.2 Å². The van der Waals surface area contributed by atoms with Gasteiger partial charge in [0.2, 0.25) is 10.0 Å². The minimum absolute atomic E-state index is 0.244. The normalized spacial score (nSPS) is 13.1. The molecule has 0 aliphatic carbocycles. The van der Waals surface area contributed by atoms with E-state index in [-0.39, 0.29) is 5.69 Å². The summed E-state index contributed by atoms with van der Waals surface area (Å²) >= 11 is 0. The molecule has 1 aromatic carbocycles. The first-order valence-corrected chi connectivity index (χ1v) is 6.66. The molecule has 1 atom stereocenters. The standard InChI is InChI=1S/C10H11F2NO4S/c1-6(10(14)15)13(18(2,16)17)7-3-4-8(11)9(12)5-7/h3-6H,1-2H3,(H,14,15)/t6-/m1/s1. The zero-order valence-corrected chi connectivity index (χ0v) is 10.4. The van der Waals surface area contributed by atoms with E-state index >= 15 is 0 Å². The fraction of sp³-hybridized carbons (Fsp3) is 0.300. The third-order valence-corrected chi connectivity index (χ3v) is 3.47. The zero-order chi connectivity index (χ0) is 14.1. The predicted molar refractivity (Wildman–Crippen MR) is 60.8 cm³/mol. The van der Waals surface area contributed by atoms with Gasteiger partial charge in [0.05, 0.1) is 11.9 Å².